The van der Waals surface area contributed by atoms with E-state index in [4.69, 9.17) is 4.74 Å². The number of amides is 1. The first kappa shape index (κ1) is 18.1. The lowest BCUT2D eigenvalue weighted by Crippen LogP contribution is -2.25. The van der Waals surface area contributed by atoms with E-state index in [0.717, 1.165) is 17.7 Å². The molecular weight excluding hydrogens is 371 g/mol. The monoisotopic (exact) mass is 387 g/mol. The second kappa shape index (κ2) is 6.70. The smallest absolute Gasteiger partial charge is 0.416 e. The van der Waals surface area contributed by atoms with Gasteiger partial charge in [-0.1, -0.05) is 18.2 Å². The van der Waals surface area contributed by atoms with Crippen LogP contribution in [-0.2, 0) is 11.0 Å². The average Bonchev–Trinajstić information content (AvgIpc) is 3.10. The highest BCUT2D eigenvalue weighted by atomic mass is 19.4. The molecule has 2 heterocycles. The normalized spacial score (nSPS) is 16.4. The Morgan fingerprint density at radius 3 is 2.71 bits per heavy atom. The molecule has 1 aliphatic heterocycles. The molecule has 1 aromatic heterocycles. The number of nitrogens with zero attached hydrogens (tertiary/aromatic N) is 2. The summed E-state index contributed by atoms with van der Waals surface area (Å²) >= 11 is 0. The van der Waals surface area contributed by atoms with Gasteiger partial charge in [-0.25, -0.2) is 4.98 Å². The fourth-order valence-electron chi connectivity index (χ4n) is 3.42. The minimum atomic E-state index is -4.45. The summed E-state index contributed by atoms with van der Waals surface area (Å²) in [5, 5.41) is 2.70. The van der Waals surface area contributed by atoms with E-state index in [0.29, 0.717) is 22.9 Å². The first-order valence-corrected chi connectivity index (χ1v) is 8.55. The van der Waals surface area contributed by atoms with Crippen LogP contribution in [0.1, 0.15) is 29.2 Å². The van der Waals surface area contributed by atoms with Crippen LogP contribution in [0.15, 0.2) is 54.9 Å². The lowest BCUT2D eigenvalue weighted by molar-refractivity contribution is -0.137. The lowest BCUT2D eigenvalue weighted by Gasteiger charge is -2.25. The van der Waals surface area contributed by atoms with Gasteiger partial charge in [0.15, 0.2) is 5.82 Å². The number of nitrogens with one attached hydrogen (secondary N) is 1. The molecule has 0 fully saturated rings. The zero-order chi connectivity index (χ0) is 19.9. The van der Waals surface area contributed by atoms with Gasteiger partial charge in [0, 0.05) is 18.0 Å². The molecule has 1 unspecified atom stereocenters. The van der Waals surface area contributed by atoms with Crippen LogP contribution in [-0.4, -0.2) is 22.6 Å². The number of carbonyl (C=O) groups excluding carboxylic acids is 1. The molecule has 4 rings (SSSR count). The Labute approximate surface area is 158 Å². The van der Waals surface area contributed by atoms with Crippen molar-refractivity contribution in [3.63, 3.8) is 0 Å². The molecule has 0 saturated carbocycles. The van der Waals surface area contributed by atoms with Gasteiger partial charge < -0.3 is 14.6 Å². The third-order valence-corrected chi connectivity index (χ3v) is 4.73. The Balaban J connectivity index is 1.85. The van der Waals surface area contributed by atoms with Crippen molar-refractivity contribution in [1.82, 2.24) is 9.55 Å². The van der Waals surface area contributed by atoms with Crippen molar-refractivity contribution in [2.24, 2.45) is 0 Å². The molecule has 144 valence electrons. The molecule has 0 bridgehead atoms. The van der Waals surface area contributed by atoms with E-state index in [1.54, 1.807) is 23.8 Å². The largest absolute Gasteiger partial charge is 0.497 e. The molecule has 28 heavy (non-hydrogen) atoms. The van der Waals surface area contributed by atoms with Gasteiger partial charge >= 0.3 is 6.18 Å². The predicted octanol–water partition coefficient (Wildman–Crippen LogP) is 4.37. The molecular formula is C20H16F3N3O2. The summed E-state index contributed by atoms with van der Waals surface area (Å²) in [5.41, 5.74) is 1.04. The van der Waals surface area contributed by atoms with Crippen LogP contribution in [0.2, 0.25) is 0 Å². The van der Waals surface area contributed by atoms with Gasteiger partial charge in [-0.2, -0.15) is 13.2 Å². The number of anilines is 1. The van der Waals surface area contributed by atoms with E-state index in [1.807, 2.05) is 18.2 Å². The summed E-state index contributed by atoms with van der Waals surface area (Å²) in [5.74, 6) is 0.419. The SMILES string of the molecule is COc1cccc(C2CC(=O)Nc3ncn(-c4cccc(C(F)(F)F)c4)c32)c1. The van der Waals surface area contributed by atoms with Crippen molar-refractivity contribution in [2.45, 2.75) is 18.5 Å². The van der Waals surface area contributed by atoms with E-state index in [2.05, 4.69) is 10.3 Å². The second-order valence-corrected chi connectivity index (χ2v) is 6.48. The maximum atomic E-state index is 13.1. The van der Waals surface area contributed by atoms with Crippen molar-refractivity contribution in [3.8, 4) is 11.4 Å². The van der Waals surface area contributed by atoms with Gasteiger partial charge in [-0.3, -0.25) is 4.79 Å². The number of halogens is 3. The number of rotatable bonds is 3. The summed E-state index contributed by atoms with van der Waals surface area (Å²) in [7, 11) is 1.55. The summed E-state index contributed by atoms with van der Waals surface area (Å²) < 4.78 is 46.2. The number of ether oxygens (including phenoxy) is 1. The number of methoxy groups -OCH3 is 1. The minimum Gasteiger partial charge on any atom is -0.497 e. The van der Waals surface area contributed by atoms with Crippen LogP contribution in [0.5, 0.6) is 5.75 Å². The third-order valence-electron chi connectivity index (χ3n) is 4.73. The predicted molar refractivity (Wildman–Crippen MR) is 96.6 cm³/mol. The molecule has 8 heteroatoms. The first-order valence-electron chi connectivity index (χ1n) is 8.55. The Morgan fingerprint density at radius 1 is 1.18 bits per heavy atom. The van der Waals surface area contributed by atoms with Crippen molar-refractivity contribution < 1.29 is 22.7 Å². The molecule has 0 radical (unpaired) electrons. The fourth-order valence-corrected chi connectivity index (χ4v) is 3.42. The molecule has 1 atom stereocenters. The van der Waals surface area contributed by atoms with Crippen LogP contribution in [0.25, 0.3) is 5.69 Å². The number of benzene rings is 2. The molecule has 0 spiro atoms. The van der Waals surface area contributed by atoms with E-state index in [9.17, 15) is 18.0 Å². The van der Waals surface area contributed by atoms with Crippen LogP contribution in [0, 0.1) is 0 Å². The Hall–Kier alpha value is -3.29. The molecule has 0 aliphatic carbocycles. The number of imidazole rings is 1. The second-order valence-electron chi connectivity index (χ2n) is 6.48. The molecule has 5 nitrogen and oxygen atoms in total. The van der Waals surface area contributed by atoms with Gasteiger partial charge in [0.1, 0.15) is 12.1 Å². The van der Waals surface area contributed by atoms with Crippen LogP contribution in [0.3, 0.4) is 0 Å². The number of hydrogen-bond acceptors (Lipinski definition) is 3. The van der Waals surface area contributed by atoms with Crippen LogP contribution >= 0.6 is 0 Å². The summed E-state index contributed by atoms with van der Waals surface area (Å²) in [6.07, 6.45) is -2.86. The zero-order valence-electron chi connectivity index (χ0n) is 14.8. The molecule has 0 saturated heterocycles. The number of hydrogen-bond donors (Lipinski definition) is 1. The van der Waals surface area contributed by atoms with Crippen LogP contribution < -0.4 is 10.1 Å². The molecule has 3 aromatic rings. The van der Waals surface area contributed by atoms with E-state index in [-0.39, 0.29) is 18.2 Å². The number of aromatic nitrogens is 2. The topological polar surface area (TPSA) is 56.1 Å². The Morgan fingerprint density at radius 2 is 1.96 bits per heavy atom. The highest BCUT2D eigenvalue weighted by Crippen LogP contribution is 2.39. The summed E-state index contributed by atoms with van der Waals surface area (Å²) in [4.78, 5) is 16.4. The quantitative estimate of drug-likeness (QED) is 0.726. The highest BCUT2D eigenvalue weighted by molar-refractivity contribution is 5.94. The fraction of sp³-hybridized carbons (Fsp3) is 0.200. The van der Waals surface area contributed by atoms with E-state index < -0.39 is 11.7 Å². The Bertz CT molecular complexity index is 1040. The van der Waals surface area contributed by atoms with Crippen LogP contribution in [0.4, 0.5) is 19.0 Å². The number of alkyl halides is 3. The third kappa shape index (κ3) is 3.21. The molecule has 1 aliphatic rings. The average molecular weight is 387 g/mol. The highest BCUT2D eigenvalue weighted by Gasteiger charge is 2.33. The maximum Gasteiger partial charge on any atom is 0.416 e. The molecule has 2 aromatic carbocycles. The number of fused-ring (bicyclic) bond motifs is 1. The zero-order valence-corrected chi connectivity index (χ0v) is 14.8. The maximum absolute atomic E-state index is 13.1. The van der Waals surface area contributed by atoms with E-state index in [1.165, 1.54) is 12.4 Å². The van der Waals surface area contributed by atoms with Crippen molar-refractivity contribution >= 4 is 11.7 Å². The van der Waals surface area contributed by atoms with Crippen molar-refractivity contribution in [1.29, 1.82) is 0 Å². The lowest BCUT2D eigenvalue weighted by atomic mass is 9.89. The first-order chi connectivity index (χ1) is 13.4. The molecule has 1 amide bonds. The van der Waals surface area contributed by atoms with Crippen molar-refractivity contribution in [3.05, 3.63) is 71.7 Å². The summed E-state index contributed by atoms with van der Waals surface area (Å²) in [6, 6.07) is 12.3. The summed E-state index contributed by atoms with van der Waals surface area (Å²) in [6.45, 7) is 0. The van der Waals surface area contributed by atoms with Gasteiger partial charge in [0.05, 0.1) is 18.4 Å². The Kier molecular flexibility index (Phi) is 4.33. The van der Waals surface area contributed by atoms with Gasteiger partial charge in [0.25, 0.3) is 0 Å². The number of carbonyl (C=O) groups is 1. The minimum absolute atomic E-state index is 0.158. The standard InChI is InChI=1S/C20H16F3N3O2/c1-28-15-7-2-4-12(8-15)16-10-17(27)25-19-18(16)26(11-24-19)14-6-3-5-13(9-14)20(21,22)23/h2-9,11,16H,10H2,1H3,(H,25,27). The van der Waals surface area contributed by atoms with E-state index >= 15 is 0 Å². The van der Waals surface area contributed by atoms with Gasteiger partial charge in [0.2, 0.25) is 5.91 Å². The van der Waals surface area contributed by atoms with Gasteiger partial charge in [-0.05, 0) is 35.9 Å². The molecule has 1 N–H and O–H groups in total. The van der Waals surface area contributed by atoms with Gasteiger partial charge in [-0.15, -0.1) is 0 Å². The van der Waals surface area contributed by atoms with Crippen molar-refractivity contribution in [2.75, 3.05) is 12.4 Å².